The van der Waals surface area contributed by atoms with Crippen LogP contribution in [0.5, 0.6) is 0 Å². The molecule has 2 N–H and O–H groups in total. The average molecular weight is 218 g/mol. The first kappa shape index (κ1) is 9.85. The summed E-state index contributed by atoms with van der Waals surface area (Å²) in [6, 6.07) is 4.95. The Bertz CT molecular complexity index is 498. The molecule has 1 saturated heterocycles. The van der Waals surface area contributed by atoms with Gasteiger partial charge in [-0.15, -0.1) is 0 Å². The van der Waals surface area contributed by atoms with Crippen molar-refractivity contribution in [3.8, 4) is 0 Å². The lowest BCUT2D eigenvalue weighted by Crippen LogP contribution is -2.28. The van der Waals surface area contributed by atoms with Gasteiger partial charge in [-0.2, -0.15) is 0 Å². The molecule has 0 saturated carbocycles. The van der Waals surface area contributed by atoms with E-state index in [0.717, 1.165) is 24.0 Å². The molecule has 0 bridgehead atoms. The molecule has 0 radical (unpaired) electrons. The van der Waals surface area contributed by atoms with E-state index < -0.39 is 0 Å². The minimum absolute atomic E-state index is 0.155. The van der Waals surface area contributed by atoms with Gasteiger partial charge in [0.2, 0.25) is 0 Å². The predicted molar refractivity (Wildman–Crippen MR) is 63.1 cm³/mol. The van der Waals surface area contributed by atoms with E-state index >= 15 is 0 Å². The van der Waals surface area contributed by atoms with Crippen molar-refractivity contribution in [3.63, 3.8) is 0 Å². The summed E-state index contributed by atoms with van der Waals surface area (Å²) < 4.78 is 13.2. The van der Waals surface area contributed by atoms with Crippen LogP contribution in [-0.4, -0.2) is 18.1 Å². The first-order valence-electron chi connectivity index (χ1n) is 5.82. The third-order valence-corrected chi connectivity index (χ3v) is 3.41. The molecule has 2 nitrogen and oxygen atoms in total. The second-order valence-electron chi connectivity index (χ2n) is 4.48. The Labute approximate surface area is 93.9 Å². The summed E-state index contributed by atoms with van der Waals surface area (Å²) in [4.78, 5) is 3.22. The average Bonchev–Trinajstić information content (AvgIpc) is 2.73. The van der Waals surface area contributed by atoms with Crippen LogP contribution in [0.2, 0.25) is 0 Å². The van der Waals surface area contributed by atoms with Crippen LogP contribution in [0.1, 0.15) is 24.3 Å². The molecular formula is C13H15FN2. The SMILES string of the molecule is Fc1ccc2[nH]cc([C@@H]3CCCNC3)c2c1. The number of fused-ring (bicyclic) bond motifs is 1. The van der Waals surface area contributed by atoms with E-state index in [-0.39, 0.29) is 5.82 Å². The molecule has 0 spiro atoms. The number of piperidine rings is 1. The maximum atomic E-state index is 13.2. The summed E-state index contributed by atoms with van der Waals surface area (Å²) in [5.41, 5.74) is 2.28. The molecule has 0 unspecified atom stereocenters. The number of benzene rings is 1. The highest BCUT2D eigenvalue weighted by atomic mass is 19.1. The second-order valence-corrected chi connectivity index (χ2v) is 4.48. The van der Waals surface area contributed by atoms with Crippen LogP contribution in [-0.2, 0) is 0 Å². The monoisotopic (exact) mass is 218 g/mol. The van der Waals surface area contributed by atoms with Crippen molar-refractivity contribution in [2.45, 2.75) is 18.8 Å². The van der Waals surface area contributed by atoms with Crippen molar-refractivity contribution in [3.05, 3.63) is 35.8 Å². The van der Waals surface area contributed by atoms with Crippen LogP contribution < -0.4 is 5.32 Å². The van der Waals surface area contributed by atoms with Crippen LogP contribution in [0.4, 0.5) is 4.39 Å². The zero-order valence-corrected chi connectivity index (χ0v) is 9.09. The lowest BCUT2D eigenvalue weighted by molar-refractivity contribution is 0.463. The van der Waals surface area contributed by atoms with Crippen molar-refractivity contribution in [1.82, 2.24) is 10.3 Å². The molecule has 1 aliphatic heterocycles. The van der Waals surface area contributed by atoms with Gasteiger partial charge in [-0.25, -0.2) is 4.39 Å². The Morgan fingerprint density at radius 1 is 1.31 bits per heavy atom. The van der Waals surface area contributed by atoms with E-state index in [1.807, 2.05) is 12.3 Å². The normalized spacial score (nSPS) is 21.4. The number of nitrogens with one attached hydrogen (secondary N) is 2. The van der Waals surface area contributed by atoms with Crippen molar-refractivity contribution in [2.24, 2.45) is 0 Å². The van der Waals surface area contributed by atoms with Crippen LogP contribution in [0.25, 0.3) is 10.9 Å². The zero-order valence-electron chi connectivity index (χ0n) is 9.09. The van der Waals surface area contributed by atoms with Gasteiger partial charge in [0.15, 0.2) is 0 Å². The number of H-pyrrole nitrogens is 1. The van der Waals surface area contributed by atoms with Gasteiger partial charge in [-0.3, -0.25) is 0 Å². The Balaban J connectivity index is 2.05. The van der Waals surface area contributed by atoms with Crippen molar-refractivity contribution >= 4 is 10.9 Å². The number of aromatic amines is 1. The lowest BCUT2D eigenvalue weighted by atomic mass is 9.91. The van der Waals surface area contributed by atoms with Crippen molar-refractivity contribution in [1.29, 1.82) is 0 Å². The van der Waals surface area contributed by atoms with E-state index in [0.29, 0.717) is 5.92 Å². The molecule has 2 aromatic rings. The van der Waals surface area contributed by atoms with Crippen molar-refractivity contribution < 1.29 is 4.39 Å². The molecule has 3 rings (SSSR count). The van der Waals surface area contributed by atoms with Gasteiger partial charge in [0, 0.05) is 23.6 Å². The molecule has 84 valence electrons. The Morgan fingerprint density at radius 3 is 3.06 bits per heavy atom. The summed E-state index contributed by atoms with van der Waals surface area (Å²) in [6.07, 6.45) is 4.42. The third kappa shape index (κ3) is 1.61. The van der Waals surface area contributed by atoms with E-state index in [2.05, 4.69) is 10.3 Å². The number of rotatable bonds is 1. The van der Waals surface area contributed by atoms with Gasteiger partial charge < -0.3 is 10.3 Å². The summed E-state index contributed by atoms with van der Waals surface area (Å²) in [6.45, 7) is 2.11. The minimum Gasteiger partial charge on any atom is -0.361 e. The van der Waals surface area contributed by atoms with Gasteiger partial charge >= 0.3 is 0 Å². The third-order valence-electron chi connectivity index (χ3n) is 3.41. The molecule has 2 heterocycles. The fraction of sp³-hybridized carbons (Fsp3) is 0.385. The van der Waals surface area contributed by atoms with E-state index in [1.54, 1.807) is 6.07 Å². The summed E-state index contributed by atoms with van der Waals surface area (Å²) in [7, 11) is 0. The maximum absolute atomic E-state index is 13.2. The zero-order chi connectivity index (χ0) is 11.0. The Hall–Kier alpha value is -1.35. The molecule has 3 heteroatoms. The first-order chi connectivity index (χ1) is 7.84. The smallest absolute Gasteiger partial charge is 0.123 e. The van der Waals surface area contributed by atoms with Gasteiger partial charge in [-0.05, 0) is 49.1 Å². The maximum Gasteiger partial charge on any atom is 0.123 e. The van der Waals surface area contributed by atoms with Crippen molar-refractivity contribution in [2.75, 3.05) is 13.1 Å². The van der Waals surface area contributed by atoms with Gasteiger partial charge in [0.25, 0.3) is 0 Å². The second kappa shape index (κ2) is 3.91. The number of aromatic nitrogens is 1. The van der Waals surface area contributed by atoms with Crippen LogP contribution in [0, 0.1) is 5.82 Å². The molecule has 1 aromatic carbocycles. The molecule has 0 aliphatic carbocycles. The topological polar surface area (TPSA) is 27.8 Å². The van der Waals surface area contributed by atoms with Gasteiger partial charge in [-0.1, -0.05) is 0 Å². The summed E-state index contributed by atoms with van der Waals surface area (Å²) >= 11 is 0. The highest BCUT2D eigenvalue weighted by molar-refractivity contribution is 5.83. The Morgan fingerprint density at radius 2 is 2.25 bits per heavy atom. The highest BCUT2D eigenvalue weighted by Gasteiger charge is 2.18. The fourth-order valence-electron chi connectivity index (χ4n) is 2.57. The highest BCUT2D eigenvalue weighted by Crippen LogP contribution is 2.30. The van der Waals surface area contributed by atoms with Crippen LogP contribution in [0.15, 0.2) is 24.4 Å². The summed E-state index contributed by atoms with van der Waals surface area (Å²) in [5.74, 6) is 0.362. The van der Waals surface area contributed by atoms with Crippen LogP contribution in [0.3, 0.4) is 0 Å². The molecular weight excluding hydrogens is 203 g/mol. The van der Waals surface area contributed by atoms with E-state index in [1.165, 1.54) is 24.5 Å². The number of hydrogen-bond donors (Lipinski definition) is 2. The number of hydrogen-bond acceptors (Lipinski definition) is 1. The van der Waals surface area contributed by atoms with Gasteiger partial charge in [0.1, 0.15) is 5.82 Å². The molecule has 1 aromatic heterocycles. The predicted octanol–water partition coefficient (Wildman–Crippen LogP) is 2.77. The molecule has 16 heavy (non-hydrogen) atoms. The fourth-order valence-corrected chi connectivity index (χ4v) is 2.57. The summed E-state index contributed by atoms with van der Waals surface area (Å²) in [5, 5.41) is 4.43. The quantitative estimate of drug-likeness (QED) is 0.756. The van der Waals surface area contributed by atoms with E-state index in [9.17, 15) is 4.39 Å². The largest absolute Gasteiger partial charge is 0.361 e. The van der Waals surface area contributed by atoms with Gasteiger partial charge in [0.05, 0.1) is 0 Å². The number of halogens is 1. The lowest BCUT2D eigenvalue weighted by Gasteiger charge is -2.22. The molecule has 1 atom stereocenters. The molecule has 0 amide bonds. The Kier molecular flexibility index (Phi) is 2.40. The molecule has 1 aliphatic rings. The molecule has 1 fully saturated rings. The van der Waals surface area contributed by atoms with Crippen LogP contribution >= 0.6 is 0 Å². The standard InChI is InChI=1S/C13H15FN2/c14-10-3-4-13-11(6-10)12(8-16-13)9-2-1-5-15-7-9/h3-4,6,8-9,15-16H,1-2,5,7H2/t9-/m1/s1. The first-order valence-corrected chi connectivity index (χ1v) is 5.82. The minimum atomic E-state index is -0.155. The van der Waals surface area contributed by atoms with E-state index in [4.69, 9.17) is 0 Å².